The quantitative estimate of drug-likeness (QED) is 0.592. The van der Waals surface area contributed by atoms with E-state index in [1.165, 1.54) is 0 Å². The molecular formula is C6H14N2O2. The van der Waals surface area contributed by atoms with Crippen molar-refractivity contribution in [3.8, 4) is 0 Å². The van der Waals surface area contributed by atoms with Crippen LogP contribution in [-0.2, 0) is 4.74 Å². The molecule has 0 aromatic heterocycles. The summed E-state index contributed by atoms with van der Waals surface area (Å²) in [5, 5.41) is 2.48. The second-order valence-electron chi connectivity index (χ2n) is 2.17. The van der Waals surface area contributed by atoms with Crippen LogP contribution in [0.15, 0.2) is 0 Å². The Morgan fingerprint density at radius 2 is 2.30 bits per heavy atom. The minimum atomic E-state index is -0.402. The largest absolute Gasteiger partial charge is 0.447 e. The van der Waals surface area contributed by atoms with Gasteiger partial charge < -0.3 is 15.8 Å². The van der Waals surface area contributed by atoms with Crippen molar-refractivity contribution in [3.05, 3.63) is 0 Å². The lowest BCUT2D eigenvalue weighted by Crippen LogP contribution is -2.31. The van der Waals surface area contributed by atoms with Crippen molar-refractivity contribution >= 4 is 6.09 Å². The van der Waals surface area contributed by atoms with Gasteiger partial charge in [-0.2, -0.15) is 0 Å². The zero-order valence-corrected chi connectivity index (χ0v) is 6.39. The van der Waals surface area contributed by atoms with E-state index in [9.17, 15) is 4.79 Å². The lowest BCUT2D eigenvalue weighted by Gasteiger charge is -2.07. The average Bonchev–Trinajstić information content (AvgIpc) is 1.82. The SMILES string of the molecule is CC(C)OC(=O)NCCN. The fourth-order valence-electron chi connectivity index (χ4n) is 0.430. The number of alkyl carbamates (subject to hydrolysis) is 1. The van der Waals surface area contributed by atoms with Crippen LogP contribution in [0, 0.1) is 0 Å². The van der Waals surface area contributed by atoms with E-state index in [1.54, 1.807) is 13.8 Å². The number of nitrogens with one attached hydrogen (secondary N) is 1. The van der Waals surface area contributed by atoms with Gasteiger partial charge in [-0.15, -0.1) is 0 Å². The Labute approximate surface area is 60.7 Å². The van der Waals surface area contributed by atoms with Crippen LogP contribution in [0.4, 0.5) is 4.79 Å². The first-order chi connectivity index (χ1) is 4.66. The standard InChI is InChI=1S/C6H14N2O2/c1-5(2)10-6(9)8-4-3-7/h5H,3-4,7H2,1-2H3,(H,8,9). The molecule has 0 saturated heterocycles. The van der Waals surface area contributed by atoms with Gasteiger partial charge in [-0.1, -0.05) is 0 Å². The van der Waals surface area contributed by atoms with Crippen LogP contribution >= 0.6 is 0 Å². The first-order valence-corrected chi connectivity index (χ1v) is 3.31. The minimum Gasteiger partial charge on any atom is -0.447 e. The van der Waals surface area contributed by atoms with Gasteiger partial charge in [0.1, 0.15) is 0 Å². The summed E-state index contributed by atoms with van der Waals surface area (Å²) in [7, 11) is 0. The van der Waals surface area contributed by atoms with E-state index in [1.807, 2.05) is 0 Å². The van der Waals surface area contributed by atoms with Gasteiger partial charge in [-0.3, -0.25) is 0 Å². The number of amides is 1. The van der Waals surface area contributed by atoms with Gasteiger partial charge >= 0.3 is 6.09 Å². The molecule has 0 unspecified atom stereocenters. The molecule has 10 heavy (non-hydrogen) atoms. The first-order valence-electron chi connectivity index (χ1n) is 3.31. The average molecular weight is 146 g/mol. The monoisotopic (exact) mass is 146 g/mol. The lowest BCUT2D eigenvalue weighted by atomic mass is 10.5. The Kier molecular flexibility index (Phi) is 4.66. The molecule has 60 valence electrons. The second-order valence-corrected chi connectivity index (χ2v) is 2.17. The van der Waals surface area contributed by atoms with E-state index in [0.29, 0.717) is 13.1 Å². The topological polar surface area (TPSA) is 64.3 Å². The van der Waals surface area contributed by atoms with E-state index < -0.39 is 6.09 Å². The fourth-order valence-corrected chi connectivity index (χ4v) is 0.430. The predicted molar refractivity (Wildman–Crippen MR) is 38.7 cm³/mol. The highest BCUT2D eigenvalue weighted by atomic mass is 16.6. The molecule has 0 fully saturated rings. The highest BCUT2D eigenvalue weighted by Crippen LogP contribution is 1.86. The Balaban J connectivity index is 3.26. The Morgan fingerprint density at radius 1 is 1.70 bits per heavy atom. The van der Waals surface area contributed by atoms with Crippen LogP contribution < -0.4 is 11.1 Å². The van der Waals surface area contributed by atoms with E-state index >= 15 is 0 Å². The summed E-state index contributed by atoms with van der Waals surface area (Å²) < 4.78 is 4.75. The van der Waals surface area contributed by atoms with Crippen molar-refractivity contribution in [2.45, 2.75) is 20.0 Å². The molecule has 4 nitrogen and oxygen atoms in total. The predicted octanol–water partition coefficient (Wildman–Crippen LogP) is 0.0797. The van der Waals surface area contributed by atoms with Crippen molar-refractivity contribution in [2.75, 3.05) is 13.1 Å². The molecule has 3 N–H and O–H groups in total. The van der Waals surface area contributed by atoms with Gasteiger partial charge in [-0.05, 0) is 13.8 Å². The van der Waals surface area contributed by atoms with E-state index in [-0.39, 0.29) is 6.10 Å². The van der Waals surface area contributed by atoms with Crippen LogP contribution in [-0.4, -0.2) is 25.3 Å². The number of hydrogen-bond donors (Lipinski definition) is 2. The van der Waals surface area contributed by atoms with Crippen molar-refractivity contribution in [2.24, 2.45) is 5.73 Å². The molecule has 0 heterocycles. The molecule has 0 bridgehead atoms. The number of ether oxygens (including phenoxy) is 1. The van der Waals surface area contributed by atoms with Gasteiger partial charge in [0.2, 0.25) is 0 Å². The van der Waals surface area contributed by atoms with Crippen molar-refractivity contribution in [3.63, 3.8) is 0 Å². The molecule has 0 saturated carbocycles. The van der Waals surface area contributed by atoms with Gasteiger partial charge in [0.25, 0.3) is 0 Å². The molecule has 0 aromatic carbocycles. The summed E-state index contributed by atoms with van der Waals surface area (Å²) in [4.78, 5) is 10.6. The van der Waals surface area contributed by atoms with Gasteiger partial charge in [0, 0.05) is 13.1 Å². The molecule has 0 spiro atoms. The summed E-state index contributed by atoms with van der Waals surface area (Å²) in [6, 6.07) is 0. The highest BCUT2D eigenvalue weighted by molar-refractivity contribution is 5.67. The van der Waals surface area contributed by atoms with Crippen LogP contribution in [0.5, 0.6) is 0 Å². The molecule has 0 aromatic rings. The Morgan fingerprint density at radius 3 is 2.70 bits per heavy atom. The minimum absolute atomic E-state index is 0.0715. The molecule has 4 heteroatoms. The maximum atomic E-state index is 10.6. The first kappa shape index (κ1) is 9.23. The molecule has 0 rings (SSSR count). The van der Waals surface area contributed by atoms with Gasteiger partial charge in [0.05, 0.1) is 6.10 Å². The summed E-state index contributed by atoms with van der Waals surface area (Å²) >= 11 is 0. The van der Waals surface area contributed by atoms with E-state index in [2.05, 4.69) is 5.32 Å². The third kappa shape index (κ3) is 5.37. The van der Waals surface area contributed by atoms with Crippen molar-refractivity contribution in [1.29, 1.82) is 0 Å². The number of nitrogens with two attached hydrogens (primary N) is 1. The third-order valence-electron chi connectivity index (χ3n) is 0.756. The Hall–Kier alpha value is -0.770. The maximum Gasteiger partial charge on any atom is 0.407 e. The fraction of sp³-hybridized carbons (Fsp3) is 0.833. The van der Waals surface area contributed by atoms with E-state index in [0.717, 1.165) is 0 Å². The van der Waals surface area contributed by atoms with Gasteiger partial charge in [0.15, 0.2) is 0 Å². The smallest absolute Gasteiger partial charge is 0.407 e. The molecule has 1 amide bonds. The number of carbonyl (C=O) groups excluding carboxylic acids is 1. The normalized spacial score (nSPS) is 9.60. The maximum absolute atomic E-state index is 10.6. The van der Waals surface area contributed by atoms with Crippen molar-refractivity contribution < 1.29 is 9.53 Å². The molecular weight excluding hydrogens is 132 g/mol. The summed E-state index contributed by atoms with van der Waals surface area (Å²) in [5.74, 6) is 0. The third-order valence-corrected chi connectivity index (χ3v) is 0.756. The summed E-state index contributed by atoms with van der Waals surface area (Å²) in [6.07, 6.45) is -0.474. The second kappa shape index (κ2) is 5.05. The van der Waals surface area contributed by atoms with Crippen molar-refractivity contribution in [1.82, 2.24) is 5.32 Å². The van der Waals surface area contributed by atoms with Crippen LogP contribution in [0.3, 0.4) is 0 Å². The van der Waals surface area contributed by atoms with Crippen LogP contribution in [0.25, 0.3) is 0 Å². The number of hydrogen-bond acceptors (Lipinski definition) is 3. The lowest BCUT2D eigenvalue weighted by molar-refractivity contribution is 0.116. The Bertz CT molecular complexity index is 104. The highest BCUT2D eigenvalue weighted by Gasteiger charge is 2.01. The zero-order valence-electron chi connectivity index (χ0n) is 6.39. The summed E-state index contributed by atoms with van der Waals surface area (Å²) in [5.41, 5.74) is 5.14. The molecule has 0 radical (unpaired) electrons. The number of rotatable bonds is 3. The molecule has 0 aliphatic heterocycles. The summed E-state index contributed by atoms with van der Waals surface area (Å²) in [6.45, 7) is 4.49. The van der Waals surface area contributed by atoms with Gasteiger partial charge in [-0.25, -0.2) is 4.79 Å². The number of carbonyl (C=O) groups is 1. The van der Waals surface area contributed by atoms with Crippen LogP contribution in [0.1, 0.15) is 13.8 Å². The molecule has 0 aliphatic rings. The molecule has 0 aliphatic carbocycles. The zero-order chi connectivity index (χ0) is 7.98. The van der Waals surface area contributed by atoms with Crippen LogP contribution in [0.2, 0.25) is 0 Å². The van der Waals surface area contributed by atoms with E-state index in [4.69, 9.17) is 10.5 Å². The molecule has 0 atom stereocenters.